The zero-order valence-corrected chi connectivity index (χ0v) is 15.1. The minimum absolute atomic E-state index is 0.0367. The van der Waals surface area contributed by atoms with E-state index in [0.717, 1.165) is 12.8 Å². The lowest BCUT2D eigenvalue weighted by molar-refractivity contribution is -0.142. The molecule has 0 unspecified atom stereocenters. The number of hydrogen-bond donors (Lipinski definition) is 1. The summed E-state index contributed by atoms with van der Waals surface area (Å²) < 4.78 is 46.5. The normalized spacial score (nSPS) is 22.9. The molecule has 2 fully saturated rings. The van der Waals surface area contributed by atoms with E-state index in [2.05, 4.69) is 15.3 Å². The monoisotopic (exact) mass is 384 g/mol. The van der Waals surface area contributed by atoms with Crippen LogP contribution >= 0.6 is 0 Å². The molecule has 0 radical (unpaired) electrons. The van der Waals surface area contributed by atoms with Crippen LogP contribution in [0.25, 0.3) is 0 Å². The predicted molar refractivity (Wildman–Crippen MR) is 91.4 cm³/mol. The molecule has 0 saturated carbocycles. The van der Waals surface area contributed by atoms with Crippen LogP contribution in [0.2, 0.25) is 0 Å². The molecule has 3 heterocycles. The molecule has 1 amide bonds. The Hall–Kier alpha value is -1.90. The van der Waals surface area contributed by atoms with Crippen LogP contribution in [0.3, 0.4) is 0 Å². The van der Waals surface area contributed by atoms with Crippen LogP contribution < -0.4 is 10.2 Å². The largest absolute Gasteiger partial charge is 0.433 e. The SMILES string of the molecule is O=C1CC2(CCN(c3nc4c(c(C(F)(F)F)n3)CCCC4)CC2)OCCN1. The number of hydrogen-bond acceptors (Lipinski definition) is 5. The van der Waals surface area contributed by atoms with Gasteiger partial charge in [0.1, 0.15) is 0 Å². The number of carbonyl (C=O) groups excluding carboxylic acids is 1. The highest BCUT2D eigenvalue weighted by atomic mass is 19.4. The molecule has 6 nitrogen and oxygen atoms in total. The Kier molecular flexibility index (Phi) is 4.73. The van der Waals surface area contributed by atoms with E-state index in [1.165, 1.54) is 0 Å². The quantitative estimate of drug-likeness (QED) is 0.805. The van der Waals surface area contributed by atoms with E-state index in [9.17, 15) is 18.0 Å². The average molecular weight is 384 g/mol. The molecule has 2 aliphatic heterocycles. The van der Waals surface area contributed by atoms with Gasteiger partial charge in [-0.3, -0.25) is 4.79 Å². The van der Waals surface area contributed by atoms with Gasteiger partial charge in [-0.2, -0.15) is 13.2 Å². The van der Waals surface area contributed by atoms with Gasteiger partial charge in [-0.05, 0) is 38.5 Å². The number of rotatable bonds is 1. The Morgan fingerprint density at radius 1 is 1.11 bits per heavy atom. The highest BCUT2D eigenvalue weighted by Gasteiger charge is 2.41. The number of alkyl halides is 3. The smallest absolute Gasteiger partial charge is 0.372 e. The molecule has 1 aromatic rings. The van der Waals surface area contributed by atoms with Crippen LogP contribution in [0.4, 0.5) is 19.1 Å². The van der Waals surface area contributed by atoms with E-state index in [0.29, 0.717) is 64.0 Å². The summed E-state index contributed by atoms with van der Waals surface area (Å²) in [4.78, 5) is 22.1. The maximum Gasteiger partial charge on any atom is 0.433 e. The van der Waals surface area contributed by atoms with E-state index in [4.69, 9.17) is 4.74 Å². The number of carbonyl (C=O) groups is 1. The van der Waals surface area contributed by atoms with Crippen molar-refractivity contribution in [1.29, 1.82) is 0 Å². The number of aromatic nitrogens is 2. The number of piperidine rings is 1. The van der Waals surface area contributed by atoms with E-state index >= 15 is 0 Å². The molecule has 0 aromatic carbocycles. The maximum absolute atomic E-state index is 13.5. The first-order valence-corrected chi connectivity index (χ1v) is 9.49. The third-order valence-corrected chi connectivity index (χ3v) is 5.71. The van der Waals surface area contributed by atoms with Crippen LogP contribution in [0.1, 0.15) is 49.1 Å². The highest BCUT2D eigenvalue weighted by Crippen LogP contribution is 2.37. The molecule has 1 aliphatic carbocycles. The lowest BCUT2D eigenvalue weighted by Crippen LogP contribution is -2.48. The molecule has 0 atom stereocenters. The van der Waals surface area contributed by atoms with Crippen molar-refractivity contribution in [2.75, 3.05) is 31.1 Å². The minimum Gasteiger partial charge on any atom is -0.372 e. The molecule has 2 saturated heterocycles. The van der Waals surface area contributed by atoms with Crippen LogP contribution in [-0.4, -0.2) is 47.7 Å². The Bertz CT molecular complexity index is 730. The van der Waals surface area contributed by atoms with Crippen molar-refractivity contribution in [3.63, 3.8) is 0 Å². The van der Waals surface area contributed by atoms with Crippen LogP contribution in [0, 0.1) is 0 Å². The van der Waals surface area contributed by atoms with Crippen LogP contribution in [0.5, 0.6) is 0 Å². The van der Waals surface area contributed by atoms with Gasteiger partial charge in [0.05, 0.1) is 18.6 Å². The van der Waals surface area contributed by atoms with Crippen molar-refractivity contribution in [1.82, 2.24) is 15.3 Å². The number of amides is 1. The zero-order valence-electron chi connectivity index (χ0n) is 15.1. The molecule has 1 N–H and O–H groups in total. The number of halogens is 3. The first-order valence-electron chi connectivity index (χ1n) is 9.49. The molecular weight excluding hydrogens is 361 g/mol. The van der Waals surface area contributed by atoms with E-state index < -0.39 is 17.5 Å². The number of nitrogens with one attached hydrogen (secondary N) is 1. The highest BCUT2D eigenvalue weighted by molar-refractivity contribution is 5.77. The number of ether oxygens (including phenoxy) is 1. The van der Waals surface area contributed by atoms with Gasteiger partial charge in [-0.1, -0.05) is 0 Å². The molecule has 3 aliphatic rings. The predicted octanol–water partition coefficient (Wildman–Crippen LogP) is 2.25. The maximum atomic E-state index is 13.5. The molecule has 1 aromatic heterocycles. The summed E-state index contributed by atoms with van der Waals surface area (Å²) in [6, 6.07) is 0. The van der Waals surface area contributed by atoms with Crippen LogP contribution in [-0.2, 0) is 28.5 Å². The number of aryl methyl sites for hydroxylation is 1. The standard InChI is InChI=1S/C18H23F3N4O2/c19-18(20,21)15-12-3-1-2-4-13(12)23-16(24-15)25-8-5-17(6-9-25)11-14(26)22-7-10-27-17/h1-11H2,(H,22,26). The second kappa shape index (κ2) is 6.92. The number of nitrogens with zero attached hydrogens (tertiary/aromatic N) is 3. The van der Waals surface area contributed by atoms with Crippen LogP contribution in [0.15, 0.2) is 0 Å². The summed E-state index contributed by atoms with van der Waals surface area (Å²) in [5.74, 6) is 0.112. The number of fused-ring (bicyclic) bond motifs is 1. The van der Waals surface area contributed by atoms with E-state index in [1.807, 2.05) is 0 Å². The topological polar surface area (TPSA) is 67.4 Å². The minimum atomic E-state index is -4.47. The van der Waals surface area contributed by atoms with Gasteiger partial charge in [-0.25, -0.2) is 9.97 Å². The van der Waals surface area contributed by atoms with Crippen molar-refractivity contribution < 1.29 is 22.7 Å². The second-order valence-electron chi connectivity index (χ2n) is 7.55. The molecule has 4 rings (SSSR count). The Labute approximate surface area is 155 Å². The van der Waals surface area contributed by atoms with Crippen molar-refractivity contribution in [3.8, 4) is 0 Å². The van der Waals surface area contributed by atoms with Gasteiger partial charge in [-0.15, -0.1) is 0 Å². The first kappa shape index (κ1) is 18.5. The molecule has 9 heteroatoms. The molecule has 148 valence electrons. The lowest BCUT2D eigenvalue weighted by Gasteiger charge is -2.40. The summed E-state index contributed by atoms with van der Waals surface area (Å²) >= 11 is 0. The first-order chi connectivity index (χ1) is 12.9. The fourth-order valence-electron chi connectivity index (χ4n) is 4.26. The van der Waals surface area contributed by atoms with Crippen molar-refractivity contribution in [2.45, 2.75) is 56.7 Å². The van der Waals surface area contributed by atoms with Crippen molar-refractivity contribution in [3.05, 3.63) is 17.0 Å². The summed E-state index contributed by atoms with van der Waals surface area (Å²) in [7, 11) is 0. The Morgan fingerprint density at radius 3 is 2.59 bits per heavy atom. The lowest BCUT2D eigenvalue weighted by atomic mass is 9.87. The second-order valence-corrected chi connectivity index (χ2v) is 7.55. The van der Waals surface area contributed by atoms with Gasteiger partial charge >= 0.3 is 6.18 Å². The fraction of sp³-hybridized carbons (Fsp3) is 0.722. The Morgan fingerprint density at radius 2 is 1.85 bits per heavy atom. The van der Waals surface area contributed by atoms with Gasteiger partial charge in [0.25, 0.3) is 0 Å². The molecule has 1 spiro atoms. The average Bonchev–Trinajstić information content (AvgIpc) is 2.82. The van der Waals surface area contributed by atoms with Gasteiger partial charge in [0, 0.05) is 30.9 Å². The van der Waals surface area contributed by atoms with E-state index in [1.54, 1.807) is 4.90 Å². The summed E-state index contributed by atoms with van der Waals surface area (Å²) in [5, 5.41) is 2.79. The summed E-state index contributed by atoms with van der Waals surface area (Å²) in [6.45, 7) is 1.90. The third kappa shape index (κ3) is 3.74. The summed E-state index contributed by atoms with van der Waals surface area (Å²) in [6.07, 6.45) is -0.495. The van der Waals surface area contributed by atoms with Gasteiger partial charge in [0.15, 0.2) is 5.69 Å². The third-order valence-electron chi connectivity index (χ3n) is 5.71. The fourth-order valence-corrected chi connectivity index (χ4v) is 4.26. The molecular formula is C18H23F3N4O2. The number of anilines is 1. The Balaban J connectivity index is 1.57. The van der Waals surface area contributed by atoms with E-state index in [-0.39, 0.29) is 17.4 Å². The molecule has 27 heavy (non-hydrogen) atoms. The summed E-state index contributed by atoms with van der Waals surface area (Å²) in [5.41, 5.74) is -0.524. The van der Waals surface area contributed by atoms with Crippen molar-refractivity contribution in [2.24, 2.45) is 0 Å². The van der Waals surface area contributed by atoms with Crippen molar-refractivity contribution >= 4 is 11.9 Å². The molecule has 0 bridgehead atoms. The zero-order chi connectivity index (χ0) is 19.1. The van der Waals surface area contributed by atoms with Gasteiger partial charge in [0.2, 0.25) is 11.9 Å². The van der Waals surface area contributed by atoms with Gasteiger partial charge < -0.3 is 15.0 Å².